The molecule has 4 rings (SSSR count). The molecule has 0 aromatic carbocycles. The number of pyridine rings is 1. The number of aromatic nitrogens is 5. The van der Waals surface area contributed by atoms with Crippen LogP contribution >= 0.6 is 0 Å². The summed E-state index contributed by atoms with van der Waals surface area (Å²) in [4.78, 5) is 33.4. The lowest BCUT2D eigenvalue weighted by Gasteiger charge is -2.16. The molecule has 0 bridgehead atoms. The van der Waals surface area contributed by atoms with E-state index in [0.717, 1.165) is 31.4 Å². The second-order valence-corrected chi connectivity index (χ2v) is 5.97. The molecule has 1 N–H and O–H groups in total. The van der Waals surface area contributed by atoms with Crippen LogP contribution in [0.5, 0.6) is 0 Å². The van der Waals surface area contributed by atoms with Crippen LogP contribution in [0.3, 0.4) is 0 Å². The number of fused-ring (bicyclic) bond motifs is 1. The zero-order valence-electron chi connectivity index (χ0n) is 12.8. The standard InChI is InChI=1S/C16H17N5O2/c1-10-14-12(9-13(22)20(10)11-5-2-3-6-11)19-21(15(14)23)16-17-7-4-8-18-16/h4,7-9,11,19H,2-3,5-6H2,1H3. The van der Waals surface area contributed by atoms with Crippen LogP contribution in [0.1, 0.15) is 37.4 Å². The van der Waals surface area contributed by atoms with E-state index in [-0.39, 0.29) is 23.1 Å². The molecular weight excluding hydrogens is 294 g/mol. The molecule has 7 heteroatoms. The number of nitrogens with one attached hydrogen (secondary N) is 1. The lowest BCUT2D eigenvalue weighted by molar-refractivity contribution is 0.494. The molecule has 0 saturated heterocycles. The summed E-state index contributed by atoms with van der Waals surface area (Å²) in [6, 6.07) is 3.39. The quantitative estimate of drug-likeness (QED) is 0.780. The number of H-pyrrole nitrogens is 1. The van der Waals surface area contributed by atoms with Gasteiger partial charge in [0, 0.05) is 30.2 Å². The van der Waals surface area contributed by atoms with Crippen molar-refractivity contribution in [1.29, 1.82) is 0 Å². The molecule has 0 aliphatic heterocycles. The Kier molecular flexibility index (Phi) is 3.14. The van der Waals surface area contributed by atoms with Crippen molar-refractivity contribution in [2.24, 2.45) is 0 Å². The molecule has 0 spiro atoms. The molecule has 0 atom stereocenters. The van der Waals surface area contributed by atoms with Gasteiger partial charge in [0.25, 0.3) is 17.1 Å². The molecule has 3 aromatic rings. The van der Waals surface area contributed by atoms with Crippen molar-refractivity contribution in [3.63, 3.8) is 0 Å². The molecule has 1 aliphatic carbocycles. The molecule has 0 radical (unpaired) electrons. The highest BCUT2D eigenvalue weighted by molar-refractivity contribution is 5.80. The monoisotopic (exact) mass is 311 g/mol. The minimum absolute atomic E-state index is 0.0655. The minimum atomic E-state index is -0.226. The molecule has 1 fully saturated rings. The molecule has 1 aliphatic rings. The van der Waals surface area contributed by atoms with E-state index in [0.29, 0.717) is 10.9 Å². The lowest BCUT2D eigenvalue weighted by Crippen LogP contribution is -2.26. The van der Waals surface area contributed by atoms with Gasteiger partial charge < -0.3 is 4.57 Å². The molecule has 118 valence electrons. The van der Waals surface area contributed by atoms with E-state index < -0.39 is 0 Å². The third-order valence-electron chi connectivity index (χ3n) is 4.59. The molecule has 3 aromatic heterocycles. The smallest absolute Gasteiger partial charge is 0.283 e. The first-order valence-corrected chi connectivity index (χ1v) is 7.81. The third-order valence-corrected chi connectivity index (χ3v) is 4.59. The normalized spacial score (nSPS) is 15.5. The van der Waals surface area contributed by atoms with Gasteiger partial charge in [-0.2, -0.15) is 4.68 Å². The van der Waals surface area contributed by atoms with Gasteiger partial charge in [0.15, 0.2) is 0 Å². The summed E-state index contributed by atoms with van der Waals surface area (Å²) in [6.45, 7) is 1.84. The van der Waals surface area contributed by atoms with E-state index in [9.17, 15) is 9.59 Å². The maximum absolute atomic E-state index is 12.8. The average molecular weight is 311 g/mol. The predicted molar refractivity (Wildman–Crippen MR) is 86.0 cm³/mol. The number of aromatic amines is 1. The lowest BCUT2D eigenvalue weighted by atomic mass is 10.2. The molecule has 3 heterocycles. The Morgan fingerprint density at radius 2 is 1.87 bits per heavy atom. The summed E-state index contributed by atoms with van der Waals surface area (Å²) in [5, 5.41) is 3.48. The topological polar surface area (TPSA) is 85.6 Å². The van der Waals surface area contributed by atoms with Crippen LogP contribution in [0.25, 0.3) is 16.9 Å². The van der Waals surface area contributed by atoms with E-state index >= 15 is 0 Å². The molecule has 7 nitrogen and oxygen atoms in total. The highest BCUT2D eigenvalue weighted by Gasteiger charge is 2.23. The van der Waals surface area contributed by atoms with Crippen LogP contribution in [0, 0.1) is 6.92 Å². The van der Waals surface area contributed by atoms with E-state index in [1.54, 1.807) is 23.0 Å². The SMILES string of the molecule is Cc1c2c(=O)n(-c3ncccn3)[nH]c2cc(=O)n1C1CCCC1. The highest BCUT2D eigenvalue weighted by Crippen LogP contribution is 2.30. The molecular formula is C16H17N5O2. The van der Waals surface area contributed by atoms with Crippen LogP contribution < -0.4 is 11.1 Å². The van der Waals surface area contributed by atoms with Gasteiger partial charge in [0.05, 0.1) is 10.9 Å². The van der Waals surface area contributed by atoms with Crippen molar-refractivity contribution in [2.75, 3.05) is 0 Å². The van der Waals surface area contributed by atoms with Crippen LogP contribution in [0.15, 0.2) is 34.1 Å². The zero-order chi connectivity index (χ0) is 16.0. The average Bonchev–Trinajstić information content (AvgIpc) is 3.17. The minimum Gasteiger partial charge on any atom is -0.309 e. The van der Waals surface area contributed by atoms with Crippen LogP contribution in [0.4, 0.5) is 0 Å². The number of aryl methyl sites for hydroxylation is 1. The van der Waals surface area contributed by atoms with Crippen LogP contribution in [-0.2, 0) is 0 Å². The Labute approximate surface area is 131 Å². The second-order valence-electron chi connectivity index (χ2n) is 5.97. The Bertz CT molecular complexity index is 977. The maximum Gasteiger partial charge on any atom is 0.283 e. The first kappa shape index (κ1) is 13.9. The van der Waals surface area contributed by atoms with Gasteiger partial charge >= 0.3 is 0 Å². The van der Waals surface area contributed by atoms with Gasteiger partial charge in [-0.25, -0.2) is 9.97 Å². The van der Waals surface area contributed by atoms with E-state index in [1.165, 1.54) is 10.7 Å². The first-order valence-electron chi connectivity index (χ1n) is 7.81. The third kappa shape index (κ3) is 2.11. The number of nitrogens with zero attached hydrogens (tertiary/aromatic N) is 4. The summed E-state index contributed by atoms with van der Waals surface area (Å²) in [6.07, 6.45) is 7.39. The fraction of sp³-hybridized carbons (Fsp3) is 0.375. The van der Waals surface area contributed by atoms with E-state index in [1.807, 2.05) is 6.92 Å². The number of hydrogen-bond donors (Lipinski definition) is 1. The summed E-state index contributed by atoms with van der Waals surface area (Å²) in [7, 11) is 0. The van der Waals surface area contributed by atoms with E-state index in [2.05, 4.69) is 15.1 Å². The molecule has 0 unspecified atom stereocenters. The van der Waals surface area contributed by atoms with Gasteiger partial charge in [-0.05, 0) is 25.8 Å². The van der Waals surface area contributed by atoms with Crippen LogP contribution in [0.2, 0.25) is 0 Å². The van der Waals surface area contributed by atoms with Gasteiger partial charge in [-0.3, -0.25) is 14.7 Å². The summed E-state index contributed by atoms with van der Waals surface area (Å²) < 4.78 is 3.07. The first-order chi connectivity index (χ1) is 11.2. The van der Waals surface area contributed by atoms with Gasteiger partial charge in [-0.15, -0.1) is 0 Å². The fourth-order valence-electron chi connectivity index (χ4n) is 3.55. The number of hydrogen-bond acceptors (Lipinski definition) is 4. The van der Waals surface area contributed by atoms with Crippen molar-refractivity contribution in [3.05, 3.63) is 50.9 Å². The van der Waals surface area contributed by atoms with Gasteiger partial charge in [0.1, 0.15) is 0 Å². The molecule has 1 saturated carbocycles. The van der Waals surface area contributed by atoms with Crippen molar-refractivity contribution in [1.82, 2.24) is 24.3 Å². The van der Waals surface area contributed by atoms with Gasteiger partial charge in [-0.1, -0.05) is 12.8 Å². The number of rotatable bonds is 2. The van der Waals surface area contributed by atoms with Crippen molar-refractivity contribution in [2.45, 2.75) is 38.6 Å². The molecule has 0 amide bonds. The van der Waals surface area contributed by atoms with Crippen molar-refractivity contribution in [3.8, 4) is 5.95 Å². The van der Waals surface area contributed by atoms with Crippen molar-refractivity contribution >= 4 is 10.9 Å². The van der Waals surface area contributed by atoms with Crippen molar-refractivity contribution < 1.29 is 0 Å². The largest absolute Gasteiger partial charge is 0.309 e. The van der Waals surface area contributed by atoms with Crippen LogP contribution in [-0.4, -0.2) is 24.3 Å². The highest BCUT2D eigenvalue weighted by atomic mass is 16.1. The molecule has 23 heavy (non-hydrogen) atoms. The Morgan fingerprint density at radius 3 is 2.57 bits per heavy atom. The summed E-state index contributed by atoms with van der Waals surface area (Å²) in [5.41, 5.74) is 0.953. The Balaban J connectivity index is 1.99. The fourth-order valence-corrected chi connectivity index (χ4v) is 3.55. The maximum atomic E-state index is 12.8. The van der Waals surface area contributed by atoms with Gasteiger partial charge in [0.2, 0.25) is 0 Å². The predicted octanol–water partition coefficient (Wildman–Crippen LogP) is 1.69. The second kappa shape index (κ2) is 5.19. The summed E-state index contributed by atoms with van der Waals surface area (Å²) >= 11 is 0. The Morgan fingerprint density at radius 1 is 1.17 bits per heavy atom. The zero-order valence-corrected chi connectivity index (χ0v) is 12.8. The Hall–Kier alpha value is -2.70. The summed E-state index contributed by atoms with van der Waals surface area (Å²) in [5.74, 6) is 0.271. The van der Waals surface area contributed by atoms with E-state index in [4.69, 9.17) is 0 Å².